The molecule has 1 aromatic heterocycles. The van der Waals surface area contributed by atoms with Crippen molar-refractivity contribution in [1.29, 1.82) is 0 Å². The summed E-state index contributed by atoms with van der Waals surface area (Å²) in [5.74, 6) is 0. The molecule has 1 heterocycles. The van der Waals surface area contributed by atoms with Crippen molar-refractivity contribution in [2.24, 2.45) is 0 Å². The van der Waals surface area contributed by atoms with E-state index in [0.717, 1.165) is 5.56 Å². The molecule has 1 nitrogen and oxygen atoms in total. The van der Waals surface area contributed by atoms with Gasteiger partial charge in [-0.25, -0.2) is 0 Å². The van der Waals surface area contributed by atoms with E-state index in [2.05, 4.69) is 6.58 Å². The van der Waals surface area contributed by atoms with E-state index >= 15 is 0 Å². The third kappa shape index (κ3) is 1.61. The zero-order chi connectivity index (χ0) is 6.53. The maximum absolute atomic E-state index is 4.83. The second-order valence-corrected chi connectivity index (χ2v) is 1.65. The average Bonchev–Trinajstić information content (AvgIpc) is 2.34. The van der Waals surface area contributed by atoms with Crippen LogP contribution in [-0.2, 0) is 0 Å². The van der Waals surface area contributed by atoms with Crippen LogP contribution in [0.5, 0.6) is 0 Å². The van der Waals surface area contributed by atoms with Gasteiger partial charge in [0.2, 0.25) is 0 Å². The second-order valence-electron chi connectivity index (χ2n) is 1.65. The fraction of sp³-hybridized carbons (Fsp3) is 0. The molecule has 1 aromatic rings. The molecule has 0 bridgehead atoms. The molecule has 0 aliphatic carbocycles. The second kappa shape index (κ2) is 2.92. The molecule has 0 atom stereocenters. The van der Waals surface area contributed by atoms with E-state index in [0.29, 0.717) is 0 Å². The van der Waals surface area contributed by atoms with Gasteiger partial charge in [-0.1, -0.05) is 24.8 Å². The lowest BCUT2D eigenvalue weighted by molar-refractivity contribution is 0.567. The highest BCUT2D eigenvalue weighted by atomic mass is 16.3. The van der Waals surface area contributed by atoms with Crippen LogP contribution in [0, 0.1) is 0 Å². The highest BCUT2D eigenvalue weighted by Crippen LogP contribution is 2.01. The van der Waals surface area contributed by atoms with Crippen molar-refractivity contribution in [2.75, 3.05) is 0 Å². The van der Waals surface area contributed by atoms with Gasteiger partial charge in [0.15, 0.2) is 0 Å². The first-order valence-electron chi connectivity index (χ1n) is 2.75. The Kier molecular flexibility index (Phi) is 1.91. The van der Waals surface area contributed by atoms with E-state index in [9.17, 15) is 0 Å². The molecule has 0 unspecified atom stereocenters. The molecule has 0 aliphatic heterocycles. The molecule has 1 heteroatoms. The largest absolute Gasteiger partial charge is 0.472 e. The molecule has 0 saturated heterocycles. The number of furan rings is 1. The Hall–Kier alpha value is -1.24. The average molecular weight is 120 g/mol. The number of hydrogen-bond donors (Lipinski definition) is 0. The van der Waals surface area contributed by atoms with Crippen molar-refractivity contribution < 1.29 is 4.42 Å². The molecule has 0 amide bonds. The van der Waals surface area contributed by atoms with Crippen LogP contribution in [0.1, 0.15) is 5.56 Å². The molecule has 0 fully saturated rings. The smallest absolute Gasteiger partial charge is 0.0974 e. The van der Waals surface area contributed by atoms with Gasteiger partial charge in [0.25, 0.3) is 0 Å². The van der Waals surface area contributed by atoms with E-state index in [1.165, 1.54) is 0 Å². The lowest BCUT2D eigenvalue weighted by Gasteiger charge is -1.74. The van der Waals surface area contributed by atoms with Gasteiger partial charge in [-0.05, 0) is 6.07 Å². The maximum Gasteiger partial charge on any atom is 0.0974 e. The summed E-state index contributed by atoms with van der Waals surface area (Å²) in [7, 11) is 0. The van der Waals surface area contributed by atoms with E-state index in [1.807, 2.05) is 18.2 Å². The molecule has 46 valence electrons. The van der Waals surface area contributed by atoms with Gasteiger partial charge in [-0.15, -0.1) is 0 Å². The van der Waals surface area contributed by atoms with Crippen LogP contribution in [0.4, 0.5) is 0 Å². The number of rotatable bonds is 2. The highest BCUT2D eigenvalue weighted by Gasteiger charge is 1.82. The SMILES string of the molecule is C=CC=Cc1ccoc1. The number of allylic oxidation sites excluding steroid dienone is 2. The summed E-state index contributed by atoms with van der Waals surface area (Å²) >= 11 is 0. The summed E-state index contributed by atoms with van der Waals surface area (Å²) in [6.45, 7) is 3.54. The van der Waals surface area contributed by atoms with Crippen LogP contribution in [0.15, 0.2) is 41.7 Å². The van der Waals surface area contributed by atoms with Crippen LogP contribution >= 0.6 is 0 Å². The molecule has 0 saturated carbocycles. The minimum atomic E-state index is 1.06. The van der Waals surface area contributed by atoms with Crippen molar-refractivity contribution in [3.8, 4) is 0 Å². The van der Waals surface area contributed by atoms with Crippen LogP contribution in [-0.4, -0.2) is 0 Å². The monoisotopic (exact) mass is 120 g/mol. The summed E-state index contributed by atoms with van der Waals surface area (Å²) in [4.78, 5) is 0. The third-order valence-corrected chi connectivity index (χ3v) is 0.968. The standard InChI is InChI=1S/C8H8O/c1-2-3-4-8-5-6-9-7-8/h2-7H,1H2. The molecule has 0 aromatic carbocycles. The predicted octanol–water partition coefficient (Wildman–Crippen LogP) is 2.48. The first-order valence-corrected chi connectivity index (χ1v) is 2.75. The lowest BCUT2D eigenvalue weighted by atomic mass is 10.3. The van der Waals surface area contributed by atoms with Gasteiger partial charge < -0.3 is 4.42 Å². The topological polar surface area (TPSA) is 13.1 Å². The van der Waals surface area contributed by atoms with Gasteiger partial charge in [0.05, 0.1) is 12.5 Å². The van der Waals surface area contributed by atoms with E-state index in [-0.39, 0.29) is 0 Å². The van der Waals surface area contributed by atoms with E-state index < -0.39 is 0 Å². The van der Waals surface area contributed by atoms with Crippen LogP contribution in [0.2, 0.25) is 0 Å². The summed E-state index contributed by atoms with van der Waals surface area (Å²) in [5.41, 5.74) is 1.06. The Balaban J connectivity index is 2.67. The summed E-state index contributed by atoms with van der Waals surface area (Å²) < 4.78 is 4.83. The minimum Gasteiger partial charge on any atom is -0.472 e. The van der Waals surface area contributed by atoms with Gasteiger partial charge in [0, 0.05) is 5.56 Å². The van der Waals surface area contributed by atoms with Crippen molar-refractivity contribution >= 4 is 6.08 Å². The van der Waals surface area contributed by atoms with E-state index in [4.69, 9.17) is 4.42 Å². The maximum atomic E-state index is 4.83. The fourth-order valence-corrected chi connectivity index (χ4v) is 0.549. The highest BCUT2D eigenvalue weighted by molar-refractivity contribution is 5.48. The first-order chi connectivity index (χ1) is 4.43. The van der Waals surface area contributed by atoms with Gasteiger partial charge in [-0.2, -0.15) is 0 Å². The van der Waals surface area contributed by atoms with Crippen LogP contribution in [0.25, 0.3) is 6.08 Å². The van der Waals surface area contributed by atoms with Gasteiger partial charge in [-0.3, -0.25) is 0 Å². The van der Waals surface area contributed by atoms with Crippen molar-refractivity contribution in [1.82, 2.24) is 0 Å². The molecule has 0 N–H and O–H groups in total. The van der Waals surface area contributed by atoms with Crippen LogP contribution < -0.4 is 0 Å². The Morgan fingerprint density at radius 2 is 2.44 bits per heavy atom. The molecular formula is C8H8O. The minimum absolute atomic E-state index is 1.06. The van der Waals surface area contributed by atoms with Gasteiger partial charge in [0.1, 0.15) is 0 Å². The normalized spacial score (nSPS) is 10.2. The van der Waals surface area contributed by atoms with Crippen molar-refractivity contribution in [3.63, 3.8) is 0 Å². The molecule has 0 aliphatic rings. The predicted molar refractivity (Wildman–Crippen MR) is 37.9 cm³/mol. The third-order valence-electron chi connectivity index (χ3n) is 0.968. The summed E-state index contributed by atoms with van der Waals surface area (Å²) in [6, 6.07) is 1.89. The first kappa shape index (κ1) is 5.89. The molecule has 0 radical (unpaired) electrons. The summed E-state index contributed by atoms with van der Waals surface area (Å²) in [6.07, 6.45) is 8.84. The molecular weight excluding hydrogens is 112 g/mol. The Morgan fingerprint density at radius 3 is 3.00 bits per heavy atom. The zero-order valence-corrected chi connectivity index (χ0v) is 5.08. The van der Waals surface area contributed by atoms with Crippen LogP contribution in [0.3, 0.4) is 0 Å². The Bertz CT molecular complexity index is 194. The fourth-order valence-electron chi connectivity index (χ4n) is 0.549. The summed E-state index contributed by atoms with van der Waals surface area (Å²) in [5, 5.41) is 0. The Labute approximate surface area is 54.3 Å². The van der Waals surface area contributed by atoms with E-state index in [1.54, 1.807) is 18.6 Å². The molecule has 0 spiro atoms. The van der Waals surface area contributed by atoms with Crippen molar-refractivity contribution in [2.45, 2.75) is 0 Å². The molecule has 9 heavy (non-hydrogen) atoms. The number of hydrogen-bond acceptors (Lipinski definition) is 1. The lowest BCUT2D eigenvalue weighted by Crippen LogP contribution is -1.55. The molecule has 1 rings (SSSR count). The quantitative estimate of drug-likeness (QED) is 0.546. The van der Waals surface area contributed by atoms with Crippen molar-refractivity contribution in [3.05, 3.63) is 42.9 Å². The zero-order valence-electron chi connectivity index (χ0n) is 5.08. The Morgan fingerprint density at radius 1 is 1.56 bits per heavy atom. The van der Waals surface area contributed by atoms with Gasteiger partial charge >= 0.3 is 0 Å².